The molecule has 0 spiro atoms. The normalized spacial score (nSPS) is 20.1. The minimum atomic E-state index is 0.381. The summed E-state index contributed by atoms with van der Waals surface area (Å²) in [5, 5.41) is 0. The molecule has 2 nitrogen and oxygen atoms in total. The Morgan fingerprint density at radius 3 is 2.15 bits per heavy atom. The lowest BCUT2D eigenvalue weighted by Crippen LogP contribution is -2.34. The third-order valence-corrected chi connectivity index (χ3v) is 8.02. The number of aromatic nitrogens is 1. The van der Waals surface area contributed by atoms with E-state index >= 15 is 0 Å². The quantitative estimate of drug-likeness (QED) is 0.399. The zero-order chi connectivity index (χ0) is 22.8. The predicted molar refractivity (Wildman–Crippen MR) is 142 cm³/mol. The average Bonchev–Trinajstić information content (AvgIpc) is 3.36. The van der Waals surface area contributed by atoms with Crippen molar-refractivity contribution in [3.63, 3.8) is 0 Å². The number of nitrogens with zero attached hydrogens (tertiary/aromatic N) is 2. The number of rotatable bonds is 2. The second-order valence-corrected chi connectivity index (χ2v) is 10.2. The number of fused-ring (bicyclic) bond motifs is 5. The summed E-state index contributed by atoms with van der Waals surface area (Å²) < 4.78 is 2.52. The fourth-order valence-electron chi connectivity index (χ4n) is 6.36. The molecule has 1 atom stereocenters. The van der Waals surface area contributed by atoms with E-state index in [-0.39, 0.29) is 0 Å². The Hall–Kier alpha value is -3.52. The van der Waals surface area contributed by atoms with Crippen molar-refractivity contribution in [2.24, 2.45) is 0 Å². The number of hydrogen-bond donors (Lipinski definition) is 0. The molecule has 168 valence electrons. The number of aryl methyl sites for hydroxylation is 2. The van der Waals surface area contributed by atoms with Crippen molar-refractivity contribution in [1.82, 2.24) is 4.57 Å². The van der Waals surface area contributed by atoms with Gasteiger partial charge in [0, 0.05) is 22.8 Å². The van der Waals surface area contributed by atoms with Gasteiger partial charge in [-0.05, 0) is 111 Å². The topological polar surface area (TPSA) is 8.17 Å². The molecule has 1 unspecified atom stereocenters. The molecule has 0 bridgehead atoms. The van der Waals surface area contributed by atoms with Crippen molar-refractivity contribution >= 4 is 17.8 Å². The van der Waals surface area contributed by atoms with Crippen LogP contribution in [-0.2, 0) is 12.8 Å². The summed E-state index contributed by atoms with van der Waals surface area (Å²) in [7, 11) is 0. The van der Waals surface area contributed by atoms with Crippen LogP contribution in [0.15, 0.2) is 83.6 Å². The summed E-state index contributed by atoms with van der Waals surface area (Å²) in [5.41, 5.74) is 15.6. The lowest BCUT2D eigenvalue weighted by molar-refractivity contribution is 0.739. The van der Waals surface area contributed by atoms with Gasteiger partial charge in [-0.25, -0.2) is 0 Å². The van der Waals surface area contributed by atoms with Gasteiger partial charge in [0.05, 0.1) is 11.7 Å². The molecular weight excluding hydrogens is 412 g/mol. The van der Waals surface area contributed by atoms with Crippen LogP contribution in [-0.4, -0.2) is 10.6 Å². The summed E-state index contributed by atoms with van der Waals surface area (Å²) >= 11 is 0. The smallest absolute Gasteiger partial charge is 0.0637 e. The summed E-state index contributed by atoms with van der Waals surface area (Å²) in [6.45, 7) is 4.34. The minimum Gasteiger partial charge on any atom is -0.333 e. The van der Waals surface area contributed by atoms with Crippen molar-refractivity contribution in [1.29, 1.82) is 0 Å². The van der Waals surface area contributed by atoms with Crippen molar-refractivity contribution in [3.05, 3.63) is 117 Å². The van der Waals surface area contributed by atoms with E-state index in [9.17, 15) is 0 Å². The van der Waals surface area contributed by atoms with Crippen LogP contribution in [0.1, 0.15) is 52.9 Å². The Morgan fingerprint density at radius 2 is 1.38 bits per heavy atom. The Labute approximate surface area is 202 Å². The summed E-state index contributed by atoms with van der Waals surface area (Å²) in [6, 6.07) is 18.5. The van der Waals surface area contributed by atoms with Gasteiger partial charge < -0.3 is 9.47 Å². The fraction of sp³-hybridized carbons (Fsp3) is 0.250. The molecular formula is C32H30N2. The van der Waals surface area contributed by atoms with Gasteiger partial charge >= 0.3 is 0 Å². The Morgan fingerprint density at radius 1 is 0.706 bits per heavy atom. The van der Waals surface area contributed by atoms with Crippen LogP contribution in [0.2, 0.25) is 0 Å². The van der Waals surface area contributed by atoms with Crippen molar-refractivity contribution in [2.75, 3.05) is 4.90 Å². The summed E-state index contributed by atoms with van der Waals surface area (Å²) in [6.07, 6.45) is 17.6. The molecule has 0 saturated carbocycles. The van der Waals surface area contributed by atoms with Crippen LogP contribution >= 0.6 is 0 Å². The third-order valence-electron chi connectivity index (χ3n) is 8.02. The first-order valence-electron chi connectivity index (χ1n) is 12.7. The van der Waals surface area contributed by atoms with Crippen LogP contribution in [0.4, 0.5) is 5.69 Å². The predicted octanol–water partition coefficient (Wildman–Crippen LogP) is 7.49. The molecule has 1 aliphatic heterocycles. The molecule has 1 aromatic heterocycles. The van der Waals surface area contributed by atoms with Gasteiger partial charge in [-0.2, -0.15) is 0 Å². The molecule has 3 aromatic rings. The zero-order valence-electron chi connectivity index (χ0n) is 20.0. The first-order chi connectivity index (χ1) is 16.7. The van der Waals surface area contributed by atoms with E-state index in [2.05, 4.69) is 102 Å². The second-order valence-electron chi connectivity index (χ2n) is 10.2. The Bertz CT molecular complexity index is 1420. The van der Waals surface area contributed by atoms with Gasteiger partial charge in [-0.15, -0.1) is 0 Å². The van der Waals surface area contributed by atoms with E-state index in [0.29, 0.717) is 6.04 Å². The molecule has 0 radical (unpaired) electrons. The molecule has 0 saturated heterocycles. The van der Waals surface area contributed by atoms with E-state index in [1.807, 2.05) is 0 Å². The van der Waals surface area contributed by atoms with Crippen molar-refractivity contribution < 1.29 is 0 Å². The van der Waals surface area contributed by atoms with Gasteiger partial charge in [-0.3, -0.25) is 0 Å². The van der Waals surface area contributed by atoms with E-state index in [4.69, 9.17) is 0 Å². The molecule has 7 rings (SSSR count). The summed E-state index contributed by atoms with van der Waals surface area (Å²) in [5.74, 6) is 0. The Balaban J connectivity index is 1.44. The zero-order valence-corrected chi connectivity index (χ0v) is 20.0. The minimum absolute atomic E-state index is 0.381. The monoisotopic (exact) mass is 442 g/mol. The van der Waals surface area contributed by atoms with E-state index in [0.717, 1.165) is 32.1 Å². The average molecular weight is 443 g/mol. The molecule has 4 aliphatic rings. The van der Waals surface area contributed by atoms with Gasteiger partial charge in [0.2, 0.25) is 0 Å². The van der Waals surface area contributed by atoms with Crippen LogP contribution in [0.3, 0.4) is 0 Å². The van der Waals surface area contributed by atoms with E-state index < -0.39 is 0 Å². The molecule has 34 heavy (non-hydrogen) atoms. The lowest BCUT2D eigenvalue weighted by atomic mass is 9.85. The van der Waals surface area contributed by atoms with Gasteiger partial charge in [0.25, 0.3) is 0 Å². The molecule has 0 amide bonds. The lowest BCUT2D eigenvalue weighted by Gasteiger charge is -2.32. The number of allylic oxidation sites excluding steroid dienone is 3. The maximum atomic E-state index is 2.62. The maximum absolute atomic E-state index is 2.62. The van der Waals surface area contributed by atoms with Crippen LogP contribution in [0, 0.1) is 13.8 Å². The van der Waals surface area contributed by atoms with Crippen molar-refractivity contribution in [3.8, 4) is 5.69 Å². The first kappa shape index (κ1) is 19.9. The van der Waals surface area contributed by atoms with Gasteiger partial charge in [0.1, 0.15) is 0 Å². The molecule has 2 heterocycles. The van der Waals surface area contributed by atoms with Gasteiger partial charge in [0.15, 0.2) is 0 Å². The van der Waals surface area contributed by atoms with E-state index in [1.54, 1.807) is 16.7 Å². The maximum Gasteiger partial charge on any atom is 0.0637 e. The number of hydrogen-bond acceptors (Lipinski definition) is 1. The SMILES string of the molecule is Cc1ccc(N2C3=C(CCC=C3)C3=Cc4c(c5c(n4-c4ccc(C)cc4)C=CCC5)CC32)cc1. The van der Waals surface area contributed by atoms with Crippen molar-refractivity contribution in [2.45, 2.75) is 52.0 Å². The van der Waals surface area contributed by atoms with Crippen LogP contribution in [0.25, 0.3) is 17.8 Å². The second kappa shape index (κ2) is 7.50. The van der Waals surface area contributed by atoms with E-state index in [1.165, 1.54) is 45.2 Å². The molecule has 2 aromatic carbocycles. The van der Waals surface area contributed by atoms with Gasteiger partial charge in [-0.1, -0.05) is 47.5 Å². The van der Waals surface area contributed by atoms with Crippen LogP contribution < -0.4 is 4.90 Å². The first-order valence-corrected chi connectivity index (χ1v) is 12.7. The Kier molecular flexibility index (Phi) is 4.39. The highest BCUT2D eigenvalue weighted by atomic mass is 15.2. The molecule has 2 heteroatoms. The number of benzene rings is 2. The largest absolute Gasteiger partial charge is 0.333 e. The third kappa shape index (κ3) is 2.88. The highest BCUT2D eigenvalue weighted by molar-refractivity contribution is 5.79. The molecule has 0 fully saturated rings. The standard InChI is InChI=1S/C32H30N2/c1-21-11-15-23(16-12-21)33-29-9-5-3-7-25(29)27-20-32-28(19-31(27)33)26-8-4-6-10-30(26)34(32)24-17-13-22(2)14-18-24/h5-6,9-19,32H,3-4,7-8,20H2,1-2H3. The highest BCUT2D eigenvalue weighted by Crippen LogP contribution is 2.48. The highest BCUT2D eigenvalue weighted by Gasteiger charge is 2.41. The molecule has 3 aliphatic carbocycles. The summed E-state index contributed by atoms with van der Waals surface area (Å²) in [4.78, 5) is 2.62. The van der Waals surface area contributed by atoms with Crippen LogP contribution in [0.5, 0.6) is 0 Å². The molecule has 0 N–H and O–H groups in total. The fourth-order valence-corrected chi connectivity index (χ4v) is 6.36. The number of anilines is 1.